The van der Waals surface area contributed by atoms with E-state index in [-0.39, 0.29) is 24.8 Å². The summed E-state index contributed by atoms with van der Waals surface area (Å²) in [6, 6.07) is -0.530. The molecule has 174 valence electrons. The number of aromatic nitrogens is 3. The van der Waals surface area contributed by atoms with Crippen LogP contribution in [0.4, 0.5) is 0 Å². The van der Waals surface area contributed by atoms with Crippen molar-refractivity contribution in [1.29, 1.82) is 10.8 Å². The number of aryl methyl sites for hydroxylation is 2. The third kappa shape index (κ3) is 5.21. The van der Waals surface area contributed by atoms with Gasteiger partial charge in [-0.15, -0.1) is 21.5 Å². The first-order chi connectivity index (χ1) is 15.7. The lowest BCUT2D eigenvalue weighted by molar-refractivity contribution is 0.484. The molecule has 0 aliphatic carbocycles. The topological polar surface area (TPSA) is 112 Å². The van der Waals surface area contributed by atoms with Crippen LogP contribution in [0.25, 0.3) is 5.00 Å². The van der Waals surface area contributed by atoms with E-state index in [0.29, 0.717) is 16.4 Å². The van der Waals surface area contributed by atoms with Gasteiger partial charge >= 0.3 is 0 Å². The van der Waals surface area contributed by atoms with E-state index in [1.54, 1.807) is 30.5 Å². The van der Waals surface area contributed by atoms with Crippen LogP contribution in [0, 0.1) is 31.6 Å². The number of hydrogen-bond acceptors (Lipinski definition) is 8. The molecule has 2 aromatic heterocycles. The first kappa shape index (κ1) is 24.8. The Balaban J connectivity index is 2.12. The zero-order valence-corrected chi connectivity index (χ0v) is 21.0. The molecular formula is C23H28ClN7OS. The Morgan fingerprint density at radius 1 is 1.24 bits per heavy atom. The zero-order valence-electron chi connectivity index (χ0n) is 19.4. The summed E-state index contributed by atoms with van der Waals surface area (Å²) >= 11 is 7.82. The zero-order chi connectivity index (χ0) is 24.3. The van der Waals surface area contributed by atoms with Gasteiger partial charge in [-0.3, -0.25) is 20.4 Å². The van der Waals surface area contributed by atoms with Gasteiger partial charge in [0.25, 0.3) is 0 Å². The molecule has 0 bridgehead atoms. The van der Waals surface area contributed by atoms with E-state index in [9.17, 15) is 0 Å². The quantitative estimate of drug-likeness (QED) is 0.293. The Hall–Kier alpha value is -2.88. The molecule has 33 heavy (non-hydrogen) atoms. The van der Waals surface area contributed by atoms with Crippen molar-refractivity contribution in [2.45, 2.75) is 40.2 Å². The van der Waals surface area contributed by atoms with Crippen LogP contribution < -0.4 is 5.32 Å². The van der Waals surface area contributed by atoms with Crippen LogP contribution in [0.3, 0.4) is 0 Å². The van der Waals surface area contributed by atoms with E-state index >= 15 is 0 Å². The van der Waals surface area contributed by atoms with E-state index in [0.717, 1.165) is 27.7 Å². The number of rotatable bonds is 7. The van der Waals surface area contributed by atoms with E-state index < -0.39 is 6.04 Å². The van der Waals surface area contributed by atoms with E-state index in [4.69, 9.17) is 32.1 Å². The molecule has 0 aromatic carbocycles. The Bertz CT molecular complexity index is 1200. The summed E-state index contributed by atoms with van der Waals surface area (Å²) < 4.78 is 7.37. The van der Waals surface area contributed by atoms with Crippen LogP contribution >= 0.6 is 22.9 Å². The number of fused-ring (bicyclic) bond motifs is 3. The van der Waals surface area contributed by atoms with Crippen LogP contribution in [0.1, 0.15) is 47.0 Å². The molecule has 0 unspecified atom stereocenters. The second-order valence-corrected chi connectivity index (χ2v) is 9.25. The fourth-order valence-electron chi connectivity index (χ4n) is 3.47. The number of ether oxygens (including phenoxy) is 1. The first-order valence-corrected chi connectivity index (χ1v) is 11.6. The van der Waals surface area contributed by atoms with Gasteiger partial charge in [-0.05, 0) is 52.0 Å². The number of thiophene rings is 1. The van der Waals surface area contributed by atoms with Gasteiger partial charge in [0.1, 0.15) is 16.9 Å². The minimum absolute atomic E-state index is 0.0307. The van der Waals surface area contributed by atoms with E-state index in [2.05, 4.69) is 35.9 Å². The minimum Gasteiger partial charge on any atom is -0.428 e. The van der Waals surface area contributed by atoms with Crippen molar-refractivity contribution in [2.24, 2.45) is 4.99 Å². The van der Waals surface area contributed by atoms with Gasteiger partial charge in [0.15, 0.2) is 11.7 Å². The number of nitrogens with one attached hydrogen (secondary N) is 3. The van der Waals surface area contributed by atoms with Gasteiger partial charge in [0, 0.05) is 15.5 Å². The van der Waals surface area contributed by atoms with Crippen molar-refractivity contribution in [3.63, 3.8) is 0 Å². The van der Waals surface area contributed by atoms with Gasteiger partial charge in [0.05, 0.1) is 18.7 Å². The molecule has 2 aromatic rings. The minimum atomic E-state index is -0.530. The van der Waals surface area contributed by atoms with E-state index in [1.165, 1.54) is 4.88 Å². The molecule has 0 saturated heterocycles. The highest BCUT2D eigenvalue weighted by atomic mass is 35.5. The number of allylic oxidation sites excluding steroid dienone is 5. The van der Waals surface area contributed by atoms with Crippen molar-refractivity contribution >= 4 is 40.4 Å². The first-order valence-electron chi connectivity index (χ1n) is 10.4. The largest absolute Gasteiger partial charge is 0.428 e. The molecule has 3 heterocycles. The molecular weight excluding hydrogens is 458 g/mol. The average molecular weight is 486 g/mol. The van der Waals surface area contributed by atoms with Crippen molar-refractivity contribution in [3.05, 3.63) is 63.1 Å². The Morgan fingerprint density at radius 3 is 2.64 bits per heavy atom. The highest BCUT2D eigenvalue weighted by Crippen LogP contribution is 2.39. The lowest BCUT2D eigenvalue weighted by atomic mass is 10.00. The third-order valence-electron chi connectivity index (χ3n) is 5.23. The standard InChI is InChI=1S/C23H28ClN7OS/c1-7-16(24)9-8-12(2)21-20-13(3)14(4)33-23(20)31-15(5)29-30-22(31)17(28-21)10-18(25)32-19(26)11-27-6/h7-9,17,25-27H,2,10-11H2,1,3-6H3/b9-8-,16-7+,25-18?,26-19?/t17-/m0/s1. The summed E-state index contributed by atoms with van der Waals surface area (Å²) in [4.78, 5) is 6.19. The maximum atomic E-state index is 8.31. The normalized spacial score (nSPS) is 15.6. The maximum Gasteiger partial charge on any atom is 0.202 e. The summed E-state index contributed by atoms with van der Waals surface area (Å²) in [6.45, 7) is 12.4. The number of likely N-dealkylation sites (N-methyl/N-ethyl adjacent to an activating group) is 1. The summed E-state index contributed by atoms with van der Waals surface area (Å²) in [7, 11) is 1.72. The van der Waals surface area contributed by atoms with Crippen LogP contribution in [-0.4, -0.2) is 45.9 Å². The lowest BCUT2D eigenvalue weighted by Crippen LogP contribution is -2.24. The summed E-state index contributed by atoms with van der Waals surface area (Å²) in [5.41, 5.74) is 3.51. The molecule has 1 aliphatic rings. The third-order valence-corrected chi connectivity index (χ3v) is 6.76. The smallest absolute Gasteiger partial charge is 0.202 e. The molecule has 0 radical (unpaired) electrons. The second kappa shape index (κ2) is 10.4. The summed E-state index contributed by atoms with van der Waals surface area (Å²) in [5, 5.41) is 29.3. The molecule has 0 fully saturated rings. The molecule has 8 nitrogen and oxygen atoms in total. The fourth-order valence-corrected chi connectivity index (χ4v) is 4.74. The predicted octanol–water partition coefficient (Wildman–Crippen LogP) is 4.93. The van der Waals surface area contributed by atoms with Crippen molar-refractivity contribution < 1.29 is 4.74 Å². The number of nitrogens with zero attached hydrogens (tertiary/aromatic N) is 4. The lowest BCUT2D eigenvalue weighted by Gasteiger charge is -2.14. The second-order valence-electron chi connectivity index (χ2n) is 7.61. The van der Waals surface area contributed by atoms with Gasteiger partial charge < -0.3 is 10.1 Å². The van der Waals surface area contributed by atoms with Gasteiger partial charge in [-0.25, -0.2) is 0 Å². The van der Waals surface area contributed by atoms with E-state index in [1.807, 2.05) is 24.5 Å². The highest BCUT2D eigenvalue weighted by molar-refractivity contribution is 7.15. The summed E-state index contributed by atoms with van der Waals surface area (Å²) in [6.07, 6.45) is 5.57. The monoisotopic (exact) mass is 485 g/mol. The molecule has 3 rings (SSSR count). The molecule has 1 atom stereocenters. The molecule has 10 heteroatoms. The maximum absolute atomic E-state index is 8.31. The van der Waals surface area contributed by atoms with Crippen molar-refractivity contribution in [2.75, 3.05) is 13.6 Å². The van der Waals surface area contributed by atoms with Crippen LogP contribution in [0.5, 0.6) is 0 Å². The molecule has 3 N–H and O–H groups in total. The van der Waals surface area contributed by atoms with Crippen molar-refractivity contribution in [3.8, 4) is 5.00 Å². The van der Waals surface area contributed by atoms with Crippen LogP contribution in [0.2, 0.25) is 0 Å². The van der Waals surface area contributed by atoms with Gasteiger partial charge in [-0.1, -0.05) is 30.3 Å². The number of aliphatic imine (C=N–C) groups is 1. The SMILES string of the molecule is C=C(/C=C\C(Cl)=C/C)C1=N[C@@H](CC(=N)OC(=N)CNC)c2nnc(C)n2-c2sc(C)c(C)c21. The highest BCUT2D eigenvalue weighted by Gasteiger charge is 2.32. The summed E-state index contributed by atoms with van der Waals surface area (Å²) in [5.74, 6) is 1.27. The molecule has 0 amide bonds. The van der Waals surface area contributed by atoms with Crippen molar-refractivity contribution in [1.82, 2.24) is 20.1 Å². The molecule has 1 aliphatic heterocycles. The predicted molar refractivity (Wildman–Crippen MR) is 136 cm³/mol. The molecule has 0 saturated carbocycles. The average Bonchev–Trinajstić information content (AvgIpc) is 3.24. The Morgan fingerprint density at radius 2 is 1.97 bits per heavy atom. The number of hydrogen-bond donors (Lipinski definition) is 3. The van der Waals surface area contributed by atoms with Crippen LogP contribution in [-0.2, 0) is 4.74 Å². The Kier molecular flexibility index (Phi) is 7.78. The van der Waals surface area contributed by atoms with Crippen LogP contribution in [0.15, 0.2) is 40.4 Å². The Labute approximate surface area is 202 Å². The molecule has 0 spiro atoms. The van der Waals surface area contributed by atoms with Gasteiger partial charge in [0.2, 0.25) is 5.90 Å². The number of halogens is 1. The fraction of sp³-hybridized carbons (Fsp3) is 0.348. The van der Waals surface area contributed by atoms with Gasteiger partial charge in [-0.2, -0.15) is 0 Å².